The zero-order valence-corrected chi connectivity index (χ0v) is 12.3. The van der Waals surface area contributed by atoms with Gasteiger partial charge in [0.2, 0.25) is 10.8 Å². The fraction of sp³-hybridized carbons (Fsp3) is 0. The monoisotopic (exact) mass is 386 g/mol. The van der Waals surface area contributed by atoms with E-state index in [0.717, 1.165) is 14.1 Å². The summed E-state index contributed by atoms with van der Waals surface area (Å²) in [6.45, 7) is 0. The molecule has 0 aliphatic rings. The van der Waals surface area contributed by atoms with Crippen LogP contribution in [0.5, 0.6) is 0 Å². The first-order valence-corrected chi connectivity index (χ1v) is 7.07. The Balaban J connectivity index is 2.09. The maximum atomic E-state index is 11.5. The molecule has 96 valence electrons. The van der Waals surface area contributed by atoms with Gasteiger partial charge in [0.1, 0.15) is 5.01 Å². The van der Waals surface area contributed by atoms with Gasteiger partial charge in [0.05, 0.1) is 0 Å². The van der Waals surface area contributed by atoms with Crippen molar-refractivity contribution in [3.05, 3.63) is 33.7 Å². The quantitative estimate of drug-likeness (QED) is 0.297. The summed E-state index contributed by atoms with van der Waals surface area (Å²) >= 11 is 3.60. The van der Waals surface area contributed by atoms with Crippen LogP contribution in [0.2, 0.25) is 0 Å². The summed E-state index contributed by atoms with van der Waals surface area (Å²) < 4.78 is 2.53. The lowest BCUT2D eigenvalue weighted by atomic mass is 10.2. The highest BCUT2D eigenvalue weighted by atomic mass is 127. The lowest BCUT2D eigenvalue weighted by Gasteiger charge is -1.95. The molecule has 0 bridgehead atoms. The van der Waals surface area contributed by atoms with Gasteiger partial charge < -0.3 is 0 Å². The number of benzene rings is 1. The minimum atomic E-state index is -0.521. The van der Waals surface area contributed by atoms with Crippen LogP contribution in [0.15, 0.2) is 24.3 Å². The average Bonchev–Trinajstić information content (AvgIpc) is 2.98. The zero-order valence-electron chi connectivity index (χ0n) is 9.37. The topological polar surface area (TPSA) is 98.2 Å². The van der Waals surface area contributed by atoms with Crippen LogP contribution in [0, 0.1) is 3.57 Å². The maximum Gasteiger partial charge on any atom is 0.304 e. The van der Waals surface area contributed by atoms with E-state index in [4.69, 9.17) is 5.84 Å². The number of nitrogens with two attached hydrogens (primary N) is 1. The summed E-state index contributed by atoms with van der Waals surface area (Å²) in [5.74, 6) is 4.64. The molecule has 1 amide bonds. The molecule has 0 spiro atoms. The lowest BCUT2D eigenvalue weighted by Crippen LogP contribution is -2.31. The molecule has 7 nitrogen and oxygen atoms in total. The SMILES string of the molecule is NNC(=O)c1nnc2sc(-c3ccc(I)cc3)nn12. The van der Waals surface area contributed by atoms with Gasteiger partial charge in [0, 0.05) is 9.13 Å². The second-order valence-corrected chi connectivity index (χ2v) is 5.81. The van der Waals surface area contributed by atoms with E-state index in [1.165, 1.54) is 15.9 Å². The first-order chi connectivity index (χ1) is 9.19. The molecule has 2 heterocycles. The predicted octanol–water partition coefficient (Wildman–Crippen LogP) is 1.06. The van der Waals surface area contributed by atoms with Crippen LogP contribution in [0.4, 0.5) is 0 Å². The molecule has 0 saturated carbocycles. The highest BCUT2D eigenvalue weighted by Gasteiger charge is 2.17. The number of halogens is 1. The van der Waals surface area contributed by atoms with Crippen LogP contribution in [-0.2, 0) is 0 Å². The van der Waals surface area contributed by atoms with Crippen molar-refractivity contribution in [3.63, 3.8) is 0 Å². The molecule has 3 N–H and O–H groups in total. The molecule has 0 fully saturated rings. The van der Waals surface area contributed by atoms with Gasteiger partial charge in [-0.05, 0) is 34.7 Å². The van der Waals surface area contributed by atoms with Gasteiger partial charge >= 0.3 is 5.91 Å². The van der Waals surface area contributed by atoms with Crippen LogP contribution in [0.1, 0.15) is 10.6 Å². The second kappa shape index (κ2) is 4.83. The van der Waals surface area contributed by atoms with Crippen molar-refractivity contribution in [2.75, 3.05) is 0 Å². The maximum absolute atomic E-state index is 11.5. The van der Waals surface area contributed by atoms with Crippen molar-refractivity contribution >= 4 is 44.8 Å². The molecule has 0 aliphatic carbocycles. The molecule has 3 aromatic rings. The Morgan fingerprint density at radius 1 is 1.32 bits per heavy atom. The van der Waals surface area contributed by atoms with Gasteiger partial charge in [-0.25, -0.2) is 5.84 Å². The second-order valence-electron chi connectivity index (χ2n) is 3.61. The first kappa shape index (κ1) is 12.4. The van der Waals surface area contributed by atoms with Gasteiger partial charge in [-0.1, -0.05) is 23.5 Å². The summed E-state index contributed by atoms with van der Waals surface area (Å²) in [7, 11) is 0. The van der Waals surface area contributed by atoms with Gasteiger partial charge in [-0.2, -0.15) is 9.61 Å². The number of aromatic nitrogens is 4. The van der Waals surface area contributed by atoms with E-state index >= 15 is 0 Å². The van der Waals surface area contributed by atoms with Crippen molar-refractivity contribution in [1.29, 1.82) is 0 Å². The Morgan fingerprint density at radius 3 is 2.74 bits per heavy atom. The molecule has 0 aliphatic heterocycles. The summed E-state index contributed by atoms with van der Waals surface area (Å²) in [6, 6.07) is 7.92. The molecule has 1 aromatic carbocycles. The Bertz CT molecular complexity index is 749. The third-order valence-corrected chi connectivity index (χ3v) is 4.08. The number of nitrogen functional groups attached to an aromatic ring is 1. The molecule has 0 atom stereocenters. The normalized spacial score (nSPS) is 10.8. The van der Waals surface area contributed by atoms with Gasteiger partial charge in [-0.3, -0.25) is 10.2 Å². The van der Waals surface area contributed by atoms with Crippen molar-refractivity contribution in [3.8, 4) is 10.6 Å². The largest absolute Gasteiger partial charge is 0.304 e. The number of hydrogen-bond acceptors (Lipinski definition) is 6. The highest BCUT2D eigenvalue weighted by molar-refractivity contribution is 14.1. The van der Waals surface area contributed by atoms with Crippen LogP contribution in [-0.4, -0.2) is 25.7 Å². The van der Waals surface area contributed by atoms with E-state index in [1.807, 2.05) is 29.7 Å². The number of rotatable bonds is 2. The van der Waals surface area contributed by atoms with E-state index < -0.39 is 5.91 Å². The number of nitrogens with one attached hydrogen (secondary N) is 1. The van der Waals surface area contributed by atoms with Gasteiger partial charge in [0.15, 0.2) is 0 Å². The molecular formula is C10H7IN6OS. The van der Waals surface area contributed by atoms with Crippen LogP contribution < -0.4 is 11.3 Å². The lowest BCUT2D eigenvalue weighted by molar-refractivity contribution is 0.0941. The van der Waals surface area contributed by atoms with Crippen LogP contribution in [0.25, 0.3) is 15.5 Å². The summed E-state index contributed by atoms with van der Waals surface area (Å²) in [6.07, 6.45) is 0. The van der Waals surface area contributed by atoms with Gasteiger partial charge in [0.25, 0.3) is 0 Å². The molecule has 3 rings (SSSR count). The van der Waals surface area contributed by atoms with Crippen LogP contribution >= 0.6 is 33.9 Å². The number of hydrazine groups is 1. The molecule has 19 heavy (non-hydrogen) atoms. The van der Waals surface area contributed by atoms with Crippen LogP contribution in [0.3, 0.4) is 0 Å². The molecule has 2 aromatic heterocycles. The standard InChI is InChI=1S/C10H7IN6OS/c11-6-3-1-5(2-4-6)9-16-17-7(8(18)13-12)14-15-10(17)19-9/h1-4H,12H2,(H,13,18). The first-order valence-electron chi connectivity index (χ1n) is 5.18. The number of carbonyl (C=O) groups excluding carboxylic acids is 1. The van der Waals surface area contributed by atoms with Gasteiger partial charge in [-0.15, -0.1) is 10.2 Å². The van der Waals surface area contributed by atoms with E-state index in [1.54, 1.807) is 0 Å². The third kappa shape index (κ3) is 2.19. The van der Waals surface area contributed by atoms with Crippen molar-refractivity contribution in [1.82, 2.24) is 25.2 Å². The van der Waals surface area contributed by atoms with Crippen molar-refractivity contribution in [2.45, 2.75) is 0 Å². The number of fused-ring (bicyclic) bond motifs is 1. The third-order valence-electron chi connectivity index (χ3n) is 2.42. The molecule has 0 unspecified atom stereocenters. The summed E-state index contributed by atoms with van der Waals surface area (Å²) in [5.41, 5.74) is 2.98. The molecule has 9 heteroatoms. The van der Waals surface area contributed by atoms with E-state index in [-0.39, 0.29) is 5.82 Å². The Hall–Kier alpha value is -1.59. The highest BCUT2D eigenvalue weighted by Crippen LogP contribution is 2.25. The minimum Gasteiger partial charge on any atom is -0.287 e. The van der Waals surface area contributed by atoms with E-state index in [2.05, 4.69) is 37.9 Å². The Kier molecular flexibility index (Phi) is 3.16. The number of hydrogen-bond donors (Lipinski definition) is 2. The Morgan fingerprint density at radius 2 is 2.05 bits per heavy atom. The minimum absolute atomic E-state index is 0.0745. The molecular weight excluding hydrogens is 379 g/mol. The fourth-order valence-corrected chi connectivity index (χ4v) is 2.74. The predicted molar refractivity (Wildman–Crippen MR) is 78.5 cm³/mol. The molecule has 0 saturated heterocycles. The zero-order chi connectivity index (χ0) is 13.4. The van der Waals surface area contributed by atoms with Crippen molar-refractivity contribution in [2.24, 2.45) is 5.84 Å². The Labute approximate surface area is 124 Å². The number of amides is 1. The summed E-state index contributed by atoms with van der Waals surface area (Å²) in [5, 5.41) is 12.7. The van der Waals surface area contributed by atoms with E-state index in [0.29, 0.717) is 4.96 Å². The molecule has 0 radical (unpaired) electrons. The fourth-order valence-electron chi connectivity index (χ4n) is 1.53. The summed E-state index contributed by atoms with van der Waals surface area (Å²) in [4.78, 5) is 12.0. The van der Waals surface area contributed by atoms with Crippen molar-refractivity contribution < 1.29 is 4.79 Å². The average molecular weight is 386 g/mol. The number of carbonyl (C=O) groups is 1. The van der Waals surface area contributed by atoms with E-state index in [9.17, 15) is 4.79 Å². The number of nitrogens with zero attached hydrogens (tertiary/aromatic N) is 4. The smallest absolute Gasteiger partial charge is 0.287 e.